The summed E-state index contributed by atoms with van der Waals surface area (Å²) in [7, 11) is 0. The zero-order chi connectivity index (χ0) is 15.7. The largest absolute Gasteiger partial charge is 0.326 e. The van der Waals surface area contributed by atoms with Gasteiger partial charge in [0, 0.05) is 23.4 Å². The molecule has 1 aliphatic rings. The molecule has 0 atom stereocenters. The smallest absolute Gasteiger partial charge is 0.255 e. The molecule has 2 aromatic carbocycles. The van der Waals surface area contributed by atoms with E-state index in [9.17, 15) is 9.59 Å². The Bertz CT molecular complexity index is 745. The van der Waals surface area contributed by atoms with Crippen molar-refractivity contribution in [2.24, 2.45) is 0 Å². The van der Waals surface area contributed by atoms with Crippen LogP contribution in [-0.2, 0) is 11.2 Å². The van der Waals surface area contributed by atoms with Crippen LogP contribution in [0.1, 0.15) is 33.5 Å². The fourth-order valence-corrected chi connectivity index (χ4v) is 2.77. The van der Waals surface area contributed by atoms with Crippen LogP contribution >= 0.6 is 0 Å². The Kier molecular flexibility index (Phi) is 3.67. The molecule has 1 heterocycles. The third-order valence-corrected chi connectivity index (χ3v) is 3.74. The number of benzene rings is 2. The zero-order valence-corrected chi connectivity index (χ0v) is 12.7. The number of carbonyl (C=O) groups excluding carboxylic acids is 2. The molecule has 2 aromatic rings. The highest BCUT2D eigenvalue weighted by Gasteiger charge is 2.15. The number of rotatable bonds is 2. The van der Waals surface area contributed by atoms with Gasteiger partial charge in [0.1, 0.15) is 0 Å². The Morgan fingerprint density at radius 2 is 1.77 bits per heavy atom. The molecule has 4 nitrogen and oxygen atoms in total. The molecule has 0 aliphatic carbocycles. The minimum Gasteiger partial charge on any atom is -0.326 e. The molecule has 0 bridgehead atoms. The van der Waals surface area contributed by atoms with Crippen molar-refractivity contribution in [3.8, 4) is 0 Å². The first-order chi connectivity index (χ1) is 10.5. The highest BCUT2D eigenvalue weighted by atomic mass is 16.2. The van der Waals surface area contributed by atoms with Crippen LogP contribution in [0.4, 0.5) is 11.4 Å². The molecule has 22 heavy (non-hydrogen) atoms. The Morgan fingerprint density at radius 1 is 1.05 bits per heavy atom. The predicted octanol–water partition coefficient (Wildman–Crippen LogP) is 3.44. The van der Waals surface area contributed by atoms with E-state index in [4.69, 9.17) is 0 Å². The van der Waals surface area contributed by atoms with Crippen LogP contribution in [0.15, 0.2) is 36.4 Å². The Morgan fingerprint density at radius 3 is 2.50 bits per heavy atom. The number of hydrogen-bond donors (Lipinski definition) is 2. The van der Waals surface area contributed by atoms with E-state index in [0.717, 1.165) is 28.1 Å². The fraction of sp³-hybridized carbons (Fsp3) is 0.222. The second-order valence-electron chi connectivity index (χ2n) is 5.75. The first kappa shape index (κ1) is 14.3. The van der Waals surface area contributed by atoms with Gasteiger partial charge in [-0.25, -0.2) is 0 Å². The van der Waals surface area contributed by atoms with Gasteiger partial charge in [-0.1, -0.05) is 17.2 Å². The van der Waals surface area contributed by atoms with Crippen molar-refractivity contribution in [2.45, 2.75) is 26.7 Å². The fourth-order valence-electron chi connectivity index (χ4n) is 2.77. The molecule has 1 aliphatic heterocycles. The molecule has 0 radical (unpaired) electrons. The second-order valence-corrected chi connectivity index (χ2v) is 5.75. The SMILES string of the molecule is Cc1cc(C)cc(C(=O)Nc2ccc3c(c2)CCC(=O)N3)c1. The molecule has 0 saturated carbocycles. The summed E-state index contributed by atoms with van der Waals surface area (Å²) in [5.41, 5.74) is 5.43. The van der Waals surface area contributed by atoms with Gasteiger partial charge in [0.15, 0.2) is 0 Å². The van der Waals surface area contributed by atoms with E-state index in [2.05, 4.69) is 10.6 Å². The molecule has 2 amide bonds. The maximum atomic E-state index is 12.4. The molecule has 0 aromatic heterocycles. The number of fused-ring (bicyclic) bond motifs is 1. The van der Waals surface area contributed by atoms with Gasteiger partial charge in [-0.15, -0.1) is 0 Å². The van der Waals surface area contributed by atoms with Gasteiger partial charge in [0.2, 0.25) is 5.91 Å². The predicted molar refractivity (Wildman–Crippen MR) is 87.3 cm³/mol. The van der Waals surface area contributed by atoms with Crippen LogP contribution in [0.25, 0.3) is 0 Å². The summed E-state index contributed by atoms with van der Waals surface area (Å²) in [4.78, 5) is 23.7. The summed E-state index contributed by atoms with van der Waals surface area (Å²) in [6, 6.07) is 11.4. The number of nitrogens with one attached hydrogen (secondary N) is 2. The maximum absolute atomic E-state index is 12.4. The normalized spacial score (nSPS) is 13.3. The lowest BCUT2D eigenvalue weighted by atomic mass is 10.0. The standard InChI is InChI=1S/C18H18N2O2/c1-11-7-12(2)9-14(8-11)18(22)19-15-4-5-16-13(10-15)3-6-17(21)20-16/h4-5,7-10H,3,6H2,1-2H3,(H,19,22)(H,20,21). The van der Waals surface area contributed by atoms with E-state index in [0.29, 0.717) is 18.4 Å². The summed E-state index contributed by atoms with van der Waals surface area (Å²) in [5, 5.41) is 5.76. The number of hydrogen-bond acceptors (Lipinski definition) is 2. The van der Waals surface area contributed by atoms with Gasteiger partial charge in [-0.05, 0) is 56.2 Å². The third-order valence-electron chi connectivity index (χ3n) is 3.74. The molecule has 3 rings (SSSR count). The van der Waals surface area contributed by atoms with Crippen molar-refractivity contribution < 1.29 is 9.59 Å². The number of carbonyl (C=O) groups is 2. The van der Waals surface area contributed by atoms with Crippen LogP contribution in [0, 0.1) is 13.8 Å². The first-order valence-corrected chi connectivity index (χ1v) is 7.34. The zero-order valence-electron chi connectivity index (χ0n) is 12.7. The minimum atomic E-state index is -0.119. The first-order valence-electron chi connectivity index (χ1n) is 7.34. The lowest BCUT2D eigenvalue weighted by molar-refractivity contribution is -0.116. The quantitative estimate of drug-likeness (QED) is 0.891. The molecule has 0 saturated heterocycles. The number of amides is 2. The number of anilines is 2. The van der Waals surface area contributed by atoms with E-state index < -0.39 is 0 Å². The summed E-state index contributed by atoms with van der Waals surface area (Å²) < 4.78 is 0. The van der Waals surface area contributed by atoms with Crippen molar-refractivity contribution in [3.05, 3.63) is 58.7 Å². The molecule has 4 heteroatoms. The Labute approximate surface area is 129 Å². The van der Waals surface area contributed by atoms with Crippen molar-refractivity contribution in [1.82, 2.24) is 0 Å². The summed E-state index contributed by atoms with van der Waals surface area (Å²) in [6.07, 6.45) is 1.19. The molecule has 2 N–H and O–H groups in total. The summed E-state index contributed by atoms with van der Waals surface area (Å²) in [5.74, 6) is -0.0777. The van der Waals surface area contributed by atoms with Gasteiger partial charge in [-0.2, -0.15) is 0 Å². The lowest BCUT2D eigenvalue weighted by Crippen LogP contribution is -2.19. The van der Waals surface area contributed by atoms with Crippen LogP contribution in [0.2, 0.25) is 0 Å². The Balaban J connectivity index is 1.81. The maximum Gasteiger partial charge on any atom is 0.255 e. The van der Waals surface area contributed by atoms with Gasteiger partial charge >= 0.3 is 0 Å². The van der Waals surface area contributed by atoms with Gasteiger partial charge in [0.05, 0.1) is 0 Å². The van der Waals surface area contributed by atoms with Gasteiger partial charge in [-0.3, -0.25) is 9.59 Å². The average molecular weight is 294 g/mol. The van der Waals surface area contributed by atoms with Crippen molar-refractivity contribution in [1.29, 1.82) is 0 Å². The summed E-state index contributed by atoms with van der Waals surface area (Å²) >= 11 is 0. The van der Waals surface area contributed by atoms with Crippen LogP contribution in [-0.4, -0.2) is 11.8 Å². The highest BCUT2D eigenvalue weighted by Crippen LogP contribution is 2.26. The summed E-state index contributed by atoms with van der Waals surface area (Å²) in [6.45, 7) is 3.96. The minimum absolute atomic E-state index is 0.0412. The van der Waals surface area contributed by atoms with E-state index in [1.807, 2.05) is 50.2 Å². The van der Waals surface area contributed by atoms with Crippen molar-refractivity contribution in [3.63, 3.8) is 0 Å². The topological polar surface area (TPSA) is 58.2 Å². The lowest BCUT2D eigenvalue weighted by Gasteiger charge is -2.17. The number of aryl methyl sites for hydroxylation is 3. The third kappa shape index (κ3) is 3.01. The van der Waals surface area contributed by atoms with Gasteiger partial charge in [0.25, 0.3) is 5.91 Å². The second kappa shape index (κ2) is 5.64. The molecule has 0 unspecified atom stereocenters. The average Bonchev–Trinajstić information content (AvgIpc) is 2.46. The van der Waals surface area contributed by atoms with Crippen molar-refractivity contribution in [2.75, 3.05) is 10.6 Å². The van der Waals surface area contributed by atoms with E-state index in [1.165, 1.54) is 0 Å². The van der Waals surface area contributed by atoms with E-state index >= 15 is 0 Å². The highest BCUT2D eigenvalue weighted by molar-refractivity contribution is 6.05. The van der Waals surface area contributed by atoms with Crippen LogP contribution in [0.5, 0.6) is 0 Å². The Hall–Kier alpha value is -2.62. The monoisotopic (exact) mass is 294 g/mol. The van der Waals surface area contributed by atoms with Crippen molar-refractivity contribution >= 4 is 23.2 Å². The van der Waals surface area contributed by atoms with Crippen LogP contribution < -0.4 is 10.6 Å². The van der Waals surface area contributed by atoms with E-state index in [1.54, 1.807) is 0 Å². The molecular formula is C18H18N2O2. The molecule has 0 spiro atoms. The van der Waals surface area contributed by atoms with Crippen LogP contribution in [0.3, 0.4) is 0 Å². The molecule has 0 fully saturated rings. The van der Waals surface area contributed by atoms with Gasteiger partial charge < -0.3 is 10.6 Å². The molecular weight excluding hydrogens is 276 g/mol. The van der Waals surface area contributed by atoms with E-state index in [-0.39, 0.29) is 11.8 Å². The molecule has 112 valence electrons.